The summed E-state index contributed by atoms with van der Waals surface area (Å²) in [7, 11) is -1.31. The molecule has 2 aliphatic rings. The minimum absolute atomic E-state index is 0.0258. The van der Waals surface area contributed by atoms with Gasteiger partial charge in [-0.05, 0) is 75.0 Å². The number of unbranched alkanes of at least 4 members (excludes halogenated alkanes) is 2. The quantitative estimate of drug-likeness (QED) is 0.301. The highest BCUT2D eigenvalue weighted by Gasteiger charge is 2.34. The van der Waals surface area contributed by atoms with Gasteiger partial charge in [0, 0.05) is 12.6 Å². The summed E-state index contributed by atoms with van der Waals surface area (Å²) in [4.78, 5) is 28.3. The molecule has 1 saturated heterocycles. The number of nitrogens with zero attached hydrogens (tertiary/aromatic N) is 2. The van der Waals surface area contributed by atoms with Crippen molar-refractivity contribution in [3.8, 4) is 5.75 Å². The van der Waals surface area contributed by atoms with E-state index in [1.54, 1.807) is 36.4 Å². The number of amides is 2. The van der Waals surface area contributed by atoms with E-state index < -0.39 is 15.7 Å². The van der Waals surface area contributed by atoms with Gasteiger partial charge in [0.05, 0.1) is 22.6 Å². The fourth-order valence-corrected chi connectivity index (χ4v) is 6.85. The molecule has 0 aliphatic carbocycles. The Morgan fingerprint density at radius 2 is 1.76 bits per heavy atom. The third-order valence-corrected chi connectivity index (χ3v) is 9.26. The fourth-order valence-electron chi connectivity index (χ4n) is 5.08. The van der Waals surface area contributed by atoms with E-state index in [0.717, 1.165) is 24.9 Å². The molecule has 0 N–H and O–H groups in total. The highest BCUT2D eigenvalue weighted by Crippen LogP contribution is 2.27. The zero-order valence-electron chi connectivity index (χ0n) is 21.5. The Balaban J connectivity index is 1.22. The molecular formula is C28H35FN2O5S. The van der Waals surface area contributed by atoms with Crippen molar-refractivity contribution in [2.45, 2.75) is 51.0 Å². The number of imide groups is 1. The number of hydrogen-bond donors (Lipinski definition) is 0. The Labute approximate surface area is 218 Å². The van der Waals surface area contributed by atoms with Crippen molar-refractivity contribution in [2.75, 3.05) is 38.2 Å². The van der Waals surface area contributed by atoms with Gasteiger partial charge in [-0.3, -0.25) is 14.5 Å². The van der Waals surface area contributed by atoms with Crippen molar-refractivity contribution in [3.63, 3.8) is 0 Å². The summed E-state index contributed by atoms with van der Waals surface area (Å²) < 4.78 is 45.6. The normalized spacial score (nSPS) is 18.9. The van der Waals surface area contributed by atoms with Crippen molar-refractivity contribution in [2.24, 2.45) is 0 Å². The van der Waals surface area contributed by atoms with Crippen molar-refractivity contribution in [3.05, 3.63) is 65.0 Å². The van der Waals surface area contributed by atoms with Crippen LogP contribution in [0.15, 0.2) is 42.5 Å². The van der Waals surface area contributed by atoms with Gasteiger partial charge in [0.25, 0.3) is 11.8 Å². The molecule has 0 unspecified atom stereocenters. The Bertz CT molecular complexity index is 1210. The van der Waals surface area contributed by atoms with Gasteiger partial charge in [-0.15, -0.1) is 0 Å². The van der Waals surface area contributed by atoms with Gasteiger partial charge in [0.1, 0.15) is 6.61 Å². The van der Waals surface area contributed by atoms with Crippen LogP contribution in [0.5, 0.6) is 5.75 Å². The molecule has 0 spiro atoms. The van der Waals surface area contributed by atoms with Crippen molar-refractivity contribution >= 4 is 21.7 Å². The van der Waals surface area contributed by atoms with E-state index in [2.05, 4.69) is 4.90 Å². The number of fused-ring (bicyclic) bond motifs is 1. The minimum atomic E-state index is -3.34. The molecule has 4 rings (SSSR count). The van der Waals surface area contributed by atoms with Crippen LogP contribution in [0.25, 0.3) is 0 Å². The molecule has 200 valence electrons. The minimum Gasteiger partial charge on any atom is -0.489 e. The maximum Gasteiger partial charge on any atom is 0.261 e. The summed E-state index contributed by atoms with van der Waals surface area (Å²) >= 11 is 0. The summed E-state index contributed by atoms with van der Waals surface area (Å²) in [5.41, 5.74) is 1.57. The monoisotopic (exact) mass is 530 g/mol. The molecule has 2 aromatic rings. The topological polar surface area (TPSA) is 84.0 Å². The third kappa shape index (κ3) is 6.57. The zero-order chi connectivity index (χ0) is 26.6. The number of benzene rings is 2. The van der Waals surface area contributed by atoms with E-state index >= 15 is 0 Å². The van der Waals surface area contributed by atoms with Crippen LogP contribution in [0.2, 0.25) is 0 Å². The average molecular weight is 531 g/mol. The maximum atomic E-state index is 14.3. The van der Waals surface area contributed by atoms with Crippen LogP contribution in [-0.2, 0) is 9.84 Å². The predicted octanol–water partition coefficient (Wildman–Crippen LogP) is 4.28. The maximum absolute atomic E-state index is 14.3. The number of carbonyl (C=O) groups is 2. The number of halogens is 1. The molecule has 0 saturated carbocycles. The van der Waals surface area contributed by atoms with Gasteiger partial charge in [0.15, 0.2) is 21.4 Å². The molecule has 37 heavy (non-hydrogen) atoms. The van der Waals surface area contributed by atoms with E-state index in [1.165, 1.54) is 11.0 Å². The van der Waals surface area contributed by atoms with Crippen LogP contribution >= 0.6 is 0 Å². The number of sulfone groups is 1. The van der Waals surface area contributed by atoms with E-state index in [9.17, 15) is 22.4 Å². The van der Waals surface area contributed by atoms with Crippen molar-refractivity contribution < 1.29 is 27.1 Å². The Morgan fingerprint density at radius 3 is 2.41 bits per heavy atom. The highest BCUT2D eigenvalue weighted by molar-refractivity contribution is 7.91. The second kappa shape index (κ2) is 11.7. The average Bonchev–Trinajstić information content (AvgIpc) is 3.38. The first kappa shape index (κ1) is 27.3. The SMILES string of the molecule is C[C@@H](CS(=O)(=O)CCCCCN1C(=O)c2ccccc2C1=O)c1ccc(F)c(OC[C@@H]2CCCN2C)c1. The van der Waals surface area contributed by atoms with Crippen LogP contribution in [0.3, 0.4) is 0 Å². The molecule has 2 aliphatic heterocycles. The lowest BCUT2D eigenvalue weighted by Crippen LogP contribution is -2.30. The van der Waals surface area contributed by atoms with Gasteiger partial charge < -0.3 is 9.64 Å². The zero-order valence-corrected chi connectivity index (χ0v) is 22.3. The molecule has 0 aromatic heterocycles. The fraction of sp³-hybridized carbons (Fsp3) is 0.500. The number of hydrogen-bond acceptors (Lipinski definition) is 6. The van der Waals surface area contributed by atoms with Crippen LogP contribution in [-0.4, -0.2) is 74.3 Å². The number of likely N-dealkylation sites (N-methyl/N-ethyl adjacent to an activating group) is 1. The van der Waals surface area contributed by atoms with E-state index in [4.69, 9.17) is 4.74 Å². The standard InChI is InChI=1S/C28H35FN2O5S/c1-20(21-12-13-25(29)26(17-21)36-18-22-9-8-14-30(22)2)19-37(34,35)16-7-3-6-15-31-27(32)23-10-4-5-11-24(23)28(31)33/h4-5,10-13,17,20,22H,3,6-9,14-16,18-19H2,1-2H3/t20-,22-/m0/s1. The Kier molecular flexibility index (Phi) is 8.64. The molecule has 1 fully saturated rings. The Morgan fingerprint density at radius 1 is 1.05 bits per heavy atom. The van der Waals surface area contributed by atoms with Gasteiger partial charge in [-0.25, -0.2) is 12.8 Å². The largest absolute Gasteiger partial charge is 0.489 e. The lowest BCUT2D eigenvalue weighted by atomic mass is 10.0. The van der Waals surface area contributed by atoms with Crippen LogP contribution in [0, 0.1) is 5.82 Å². The molecule has 7 nitrogen and oxygen atoms in total. The number of ether oxygens (including phenoxy) is 1. The molecule has 2 heterocycles. The van der Waals surface area contributed by atoms with Crippen molar-refractivity contribution in [1.29, 1.82) is 0 Å². The van der Waals surface area contributed by atoms with E-state index in [1.807, 2.05) is 14.0 Å². The van der Waals surface area contributed by atoms with Gasteiger partial charge in [-0.2, -0.15) is 0 Å². The first-order valence-electron chi connectivity index (χ1n) is 12.9. The Hall–Kier alpha value is -2.78. The molecule has 0 bridgehead atoms. The van der Waals surface area contributed by atoms with Gasteiger partial charge in [0.2, 0.25) is 0 Å². The lowest BCUT2D eigenvalue weighted by molar-refractivity contribution is 0.0651. The van der Waals surface area contributed by atoms with Crippen LogP contribution in [0.1, 0.15) is 71.2 Å². The first-order chi connectivity index (χ1) is 17.7. The molecule has 9 heteroatoms. The van der Waals surface area contributed by atoms with Gasteiger partial charge >= 0.3 is 0 Å². The summed E-state index contributed by atoms with van der Waals surface area (Å²) in [5, 5.41) is 0. The smallest absolute Gasteiger partial charge is 0.261 e. The number of likely N-dealkylation sites (tertiary alicyclic amines) is 1. The molecule has 2 aromatic carbocycles. The second-order valence-corrected chi connectivity index (χ2v) is 12.4. The van der Waals surface area contributed by atoms with E-state index in [-0.39, 0.29) is 47.6 Å². The van der Waals surface area contributed by atoms with Gasteiger partial charge in [-0.1, -0.05) is 31.5 Å². The molecule has 0 radical (unpaired) electrons. The summed E-state index contributed by atoms with van der Waals surface area (Å²) in [6.07, 6.45) is 3.71. The second-order valence-electron chi connectivity index (χ2n) is 10.2. The molecular weight excluding hydrogens is 495 g/mol. The van der Waals surface area contributed by atoms with E-state index in [0.29, 0.717) is 37.0 Å². The lowest BCUT2D eigenvalue weighted by Gasteiger charge is -2.20. The third-order valence-electron chi connectivity index (χ3n) is 7.35. The summed E-state index contributed by atoms with van der Waals surface area (Å²) in [6, 6.07) is 11.6. The first-order valence-corrected chi connectivity index (χ1v) is 14.8. The van der Waals surface area contributed by atoms with Crippen LogP contribution < -0.4 is 4.74 Å². The predicted molar refractivity (Wildman–Crippen MR) is 140 cm³/mol. The molecule has 2 atom stereocenters. The number of rotatable bonds is 12. The molecule has 2 amide bonds. The summed E-state index contributed by atoms with van der Waals surface area (Å²) in [6.45, 7) is 3.51. The van der Waals surface area contributed by atoms with Crippen molar-refractivity contribution in [1.82, 2.24) is 9.80 Å². The highest BCUT2D eigenvalue weighted by atomic mass is 32.2. The number of carbonyl (C=O) groups excluding carboxylic acids is 2. The van der Waals surface area contributed by atoms with Crippen LogP contribution in [0.4, 0.5) is 4.39 Å². The summed E-state index contributed by atoms with van der Waals surface area (Å²) in [5.74, 6) is -1.19.